The van der Waals surface area contributed by atoms with Gasteiger partial charge >= 0.3 is 0 Å². The Morgan fingerprint density at radius 1 is 1.08 bits per heavy atom. The molecule has 2 aromatic rings. The third-order valence-corrected chi connectivity index (χ3v) is 4.81. The molecule has 1 heterocycles. The van der Waals surface area contributed by atoms with Crippen LogP contribution in [0.15, 0.2) is 18.2 Å². The van der Waals surface area contributed by atoms with Gasteiger partial charge in [0.25, 0.3) is 0 Å². The molecule has 0 aliphatic rings. The fourth-order valence-electron chi connectivity index (χ4n) is 2.93. The Morgan fingerprint density at radius 2 is 1.71 bits per heavy atom. The highest BCUT2D eigenvalue weighted by molar-refractivity contribution is 5.85. The van der Waals surface area contributed by atoms with E-state index < -0.39 is 31.5 Å². The first-order valence-electron chi connectivity index (χ1n) is 8.19. The maximum Gasteiger partial charge on any atom is 0.0882 e. The van der Waals surface area contributed by atoms with Crippen LogP contribution in [0, 0.1) is 20.8 Å². The van der Waals surface area contributed by atoms with Gasteiger partial charge in [-0.3, -0.25) is 0 Å². The molecule has 6 heteroatoms. The summed E-state index contributed by atoms with van der Waals surface area (Å²) in [7, 11) is 0. The number of aryl methyl sites for hydroxylation is 2. The number of aliphatic hydroxyl groups is 4. The van der Waals surface area contributed by atoms with E-state index in [-0.39, 0.29) is 6.54 Å². The maximum atomic E-state index is 10.4. The SMILES string of the molecule is Cc1ccc2c(c1)c(C)c(C)n2C[C@H](O)CNC(CO)(CO)CO. The third kappa shape index (κ3) is 3.63. The Labute approximate surface area is 142 Å². The summed E-state index contributed by atoms with van der Waals surface area (Å²) in [6.45, 7) is 5.50. The lowest BCUT2D eigenvalue weighted by atomic mass is 10.0. The molecule has 0 spiro atoms. The Bertz CT molecular complexity index is 684. The van der Waals surface area contributed by atoms with Crippen molar-refractivity contribution in [1.29, 1.82) is 0 Å². The molecule has 5 N–H and O–H groups in total. The molecule has 2 rings (SSSR count). The first-order valence-corrected chi connectivity index (χ1v) is 8.19. The summed E-state index contributed by atoms with van der Waals surface area (Å²) >= 11 is 0. The molecule has 1 aromatic heterocycles. The van der Waals surface area contributed by atoms with Crippen molar-refractivity contribution in [2.45, 2.75) is 39.0 Å². The number of aromatic nitrogens is 1. The molecule has 0 aliphatic heterocycles. The van der Waals surface area contributed by atoms with Gasteiger partial charge < -0.3 is 30.3 Å². The van der Waals surface area contributed by atoms with Gasteiger partial charge in [0.2, 0.25) is 0 Å². The van der Waals surface area contributed by atoms with E-state index in [1.54, 1.807) is 0 Å². The van der Waals surface area contributed by atoms with Crippen LogP contribution in [0.5, 0.6) is 0 Å². The van der Waals surface area contributed by atoms with Crippen molar-refractivity contribution in [2.24, 2.45) is 0 Å². The molecular weight excluding hydrogens is 308 g/mol. The standard InChI is InChI=1S/C18H28N2O4/c1-12-4-5-17-16(6-12)13(2)14(3)20(17)8-15(24)7-19-18(9-21,10-22)11-23/h4-6,15,19,21-24H,7-11H2,1-3H3/t15-/m1/s1. The molecule has 0 aliphatic carbocycles. The fraction of sp³-hybridized carbons (Fsp3) is 0.556. The van der Waals surface area contributed by atoms with Crippen molar-refractivity contribution in [3.63, 3.8) is 0 Å². The zero-order chi connectivity index (χ0) is 17.9. The van der Waals surface area contributed by atoms with Crippen molar-refractivity contribution in [3.05, 3.63) is 35.0 Å². The average Bonchev–Trinajstić information content (AvgIpc) is 2.81. The first-order chi connectivity index (χ1) is 11.4. The Balaban J connectivity index is 2.16. The van der Waals surface area contributed by atoms with Crippen molar-refractivity contribution in [2.75, 3.05) is 26.4 Å². The summed E-state index contributed by atoms with van der Waals surface area (Å²) in [6.07, 6.45) is -0.718. The number of benzene rings is 1. The van der Waals surface area contributed by atoms with Gasteiger partial charge in [-0.1, -0.05) is 11.6 Å². The van der Waals surface area contributed by atoms with Crippen molar-refractivity contribution in [3.8, 4) is 0 Å². The summed E-state index contributed by atoms with van der Waals surface area (Å²) < 4.78 is 2.08. The molecule has 0 saturated heterocycles. The molecule has 0 bridgehead atoms. The summed E-state index contributed by atoms with van der Waals surface area (Å²) in [5.74, 6) is 0. The van der Waals surface area contributed by atoms with E-state index in [0.717, 1.165) is 11.2 Å². The van der Waals surface area contributed by atoms with Gasteiger partial charge in [-0.2, -0.15) is 0 Å². The lowest BCUT2D eigenvalue weighted by molar-refractivity contribution is 0.0306. The predicted octanol–water partition coefficient (Wildman–Crippen LogP) is 0.233. The number of rotatable bonds is 8. The van der Waals surface area contributed by atoms with Crippen LogP contribution in [0.1, 0.15) is 16.8 Å². The molecule has 1 aromatic carbocycles. The molecule has 0 radical (unpaired) electrons. The van der Waals surface area contributed by atoms with E-state index in [1.165, 1.54) is 16.5 Å². The predicted molar refractivity (Wildman–Crippen MR) is 94.1 cm³/mol. The Hall–Kier alpha value is -1.44. The molecule has 0 saturated carbocycles. The van der Waals surface area contributed by atoms with E-state index in [9.17, 15) is 20.4 Å². The number of nitrogens with one attached hydrogen (secondary N) is 1. The maximum absolute atomic E-state index is 10.4. The zero-order valence-corrected chi connectivity index (χ0v) is 14.6. The van der Waals surface area contributed by atoms with Gasteiger partial charge in [-0.05, 0) is 38.5 Å². The summed E-state index contributed by atoms with van der Waals surface area (Å²) in [4.78, 5) is 0. The van der Waals surface area contributed by atoms with Crippen LogP contribution in [0.3, 0.4) is 0 Å². The van der Waals surface area contributed by atoms with Crippen LogP contribution >= 0.6 is 0 Å². The van der Waals surface area contributed by atoms with Crippen molar-refractivity contribution < 1.29 is 20.4 Å². The van der Waals surface area contributed by atoms with Crippen LogP contribution < -0.4 is 5.32 Å². The highest BCUT2D eigenvalue weighted by atomic mass is 16.3. The minimum atomic E-state index is -1.18. The van der Waals surface area contributed by atoms with E-state index in [1.807, 2.05) is 6.92 Å². The van der Waals surface area contributed by atoms with E-state index in [4.69, 9.17) is 0 Å². The molecular formula is C18H28N2O4. The molecule has 0 fully saturated rings. The Morgan fingerprint density at radius 3 is 2.29 bits per heavy atom. The largest absolute Gasteiger partial charge is 0.394 e. The van der Waals surface area contributed by atoms with Gasteiger partial charge in [-0.25, -0.2) is 0 Å². The Kier molecular flexibility index (Phi) is 6.01. The minimum Gasteiger partial charge on any atom is -0.394 e. The number of fused-ring (bicyclic) bond motifs is 1. The second-order valence-corrected chi connectivity index (χ2v) is 6.63. The quantitative estimate of drug-likeness (QED) is 0.475. The third-order valence-electron chi connectivity index (χ3n) is 4.81. The number of nitrogens with zero attached hydrogens (tertiary/aromatic N) is 1. The first kappa shape index (κ1) is 18.9. The number of β-amino-alcohol motifs (C(OH)–C–C–N with tert-alkyl or cyclic N) is 1. The normalized spacial score (nSPS) is 13.6. The lowest BCUT2D eigenvalue weighted by Gasteiger charge is -2.30. The lowest BCUT2D eigenvalue weighted by Crippen LogP contribution is -2.56. The van der Waals surface area contributed by atoms with Crippen LogP contribution in [-0.4, -0.2) is 63.0 Å². The summed E-state index contributed by atoms with van der Waals surface area (Å²) in [5.41, 5.74) is 3.40. The molecule has 1 atom stereocenters. The second-order valence-electron chi connectivity index (χ2n) is 6.63. The molecule has 134 valence electrons. The molecule has 6 nitrogen and oxygen atoms in total. The smallest absolute Gasteiger partial charge is 0.0882 e. The topological polar surface area (TPSA) is 97.9 Å². The molecule has 24 heavy (non-hydrogen) atoms. The number of aliphatic hydroxyl groups excluding tert-OH is 4. The van der Waals surface area contributed by atoms with Crippen LogP contribution in [0.2, 0.25) is 0 Å². The van der Waals surface area contributed by atoms with Gasteiger partial charge in [-0.15, -0.1) is 0 Å². The number of hydrogen-bond acceptors (Lipinski definition) is 5. The zero-order valence-electron chi connectivity index (χ0n) is 14.6. The molecule has 0 amide bonds. The average molecular weight is 336 g/mol. The van der Waals surface area contributed by atoms with Gasteiger partial charge in [0, 0.05) is 23.1 Å². The summed E-state index contributed by atoms with van der Waals surface area (Å²) in [5, 5.41) is 42.4. The van der Waals surface area contributed by atoms with Crippen LogP contribution in [0.25, 0.3) is 10.9 Å². The fourth-order valence-corrected chi connectivity index (χ4v) is 2.93. The monoisotopic (exact) mass is 336 g/mol. The van der Waals surface area contributed by atoms with E-state index in [0.29, 0.717) is 6.54 Å². The highest BCUT2D eigenvalue weighted by Gasteiger charge is 2.28. The highest BCUT2D eigenvalue weighted by Crippen LogP contribution is 2.26. The molecule has 0 unspecified atom stereocenters. The van der Waals surface area contributed by atoms with Gasteiger partial charge in [0.1, 0.15) is 0 Å². The van der Waals surface area contributed by atoms with Crippen LogP contribution in [-0.2, 0) is 6.54 Å². The van der Waals surface area contributed by atoms with Gasteiger partial charge in [0.15, 0.2) is 0 Å². The summed E-state index contributed by atoms with van der Waals surface area (Å²) in [6, 6.07) is 6.26. The van der Waals surface area contributed by atoms with Crippen molar-refractivity contribution >= 4 is 10.9 Å². The minimum absolute atomic E-state index is 0.158. The second kappa shape index (κ2) is 7.63. The van der Waals surface area contributed by atoms with Gasteiger partial charge in [0.05, 0.1) is 38.0 Å². The van der Waals surface area contributed by atoms with E-state index in [2.05, 4.69) is 41.9 Å². The van der Waals surface area contributed by atoms with E-state index >= 15 is 0 Å². The van der Waals surface area contributed by atoms with Crippen LogP contribution in [0.4, 0.5) is 0 Å². The van der Waals surface area contributed by atoms with Crippen molar-refractivity contribution in [1.82, 2.24) is 9.88 Å². The number of hydrogen-bond donors (Lipinski definition) is 5.